The lowest BCUT2D eigenvalue weighted by Crippen LogP contribution is -2.29. The monoisotopic (exact) mass is 358 g/mol. The Labute approximate surface area is 126 Å². The first-order valence-corrected chi connectivity index (χ1v) is 8.28. The third-order valence-corrected chi connectivity index (χ3v) is 4.84. The number of rotatable bonds is 5. The van der Waals surface area contributed by atoms with Crippen LogP contribution in [0.5, 0.6) is 0 Å². The number of nitrogens with one attached hydrogen (secondary N) is 2. The molecule has 4 N–H and O–H groups in total. The number of H-pyrrole nitrogens is 1. The van der Waals surface area contributed by atoms with Crippen LogP contribution >= 0.6 is 15.9 Å². The molecule has 0 saturated carbocycles. The Morgan fingerprint density at radius 1 is 1.50 bits per heavy atom. The zero-order valence-corrected chi connectivity index (χ0v) is 13.2. The molecule has 2 rings (SSSR count). The lowest BCUT2D eigenvalue weighted by atomic mass is 10.2. The first kappa shape index (κ1) is 15.0. The van der Waals surface area contributed by atoms with Crippen molar-refractivity contribution in [1.29, 1.82) is 0 Å². The van der Waals surface area contributed by atoms with Crippen molar-refractivity contribution in [2.24, 2.45) is 0 Å². The van der Waals surface area contributed by atoms with E-state index >= 15 is 0 Å². The number of aromatic amines is 1. The molecule has 6 nitrogen and oxygen atoms in total. The molecule has 0 amide bonds. The molecule has 0 spiro atoms. The molecule has 0 aliphatic heterocycles. The molecule has 20 heavy (non-hydrogen) atoms. The van der Waals surface area contributed by atoms with Crippen LogP contribution in [0.25, 0.3) is 0 Å². The van der Waals surface area contributed by atoms with Crippen LogP contribution in [0.15, 0.2) is 40.0 Å². The Morgan fingerprint density at radius 3 is 2.85 bits per heavy atom. The predicted molar refractivity (Wildman–Crippen MR) is 80.5 cm³/mol. The smallest absolute Gasteiger partial charge is 0.243 e. The summed E-state index contributed by atoms with van der Waals surface area (Å²) >= 11 is 3.24. The van der Waals surface area contributed by atoms with E-state index in [4.69, 9.17) is 5.73 Å². The van der Waals surface area contributed by atoms with Crippen LogP contribution in [0, 0.1) is 0 Å². The van der Waals surface area contributed by atoms with Crippen molar-refractivity contribution in [2.75, 3.05) is 5.73 Å². The van der Waals surface area contributed by atoms with Gasteiger partial charge in [0.25, 0.3) is 0 Å². The van der Waals surface area contributed by atoms with Gasteiger partial charge in [-0.05, 0) is 24.6 Å². The van der Waals surface area contributed by atoms with Crippen molar-refractivity contribution in [3.05, 3.63) is 40.9 Å². The van der Waals surface area contributed by atoms with Gasteiger partial charge in [0.15, 0.2) is 0 Å². The van der Waals surface area contributed by atoms with Crippen molar-refractivity contribution >= 4 is 31.6 Å². The highest BCUT2D eigenvalue weighted by Gasteiger charge is 2.23. The fourth-order valence-corrected chi connectivity index (χ4v) is 3.75. The van der Waals surface area contributed by atoms with Crippen LogP contribution in [0.2, 0.25) is 0 Å². The lowest BCUT2D eigenvalue weighted by molar-refractivity contribution is 0.539. The van der Waals surface area contributed by atoms with Gasteiger partial charge in [-0.25, -0.2) is 18.1 Å². The topological polar surface area (TPSA) is 101 Å². The maximum absolute atomic E-state index is 12.4. The minimum atomic E-state index is -3.72. The second-order valence-corrected chi connectivity index (χ2v) is 6.84. The van der Waals surface area contributed by atoms with Gasteiger partial charge in [-0.2, -0.15) is 0 Å². The number of aromatic nitrogens is 2. The SMILES string of the molecule is CCC(NS(=O)(=O)c1cc(Br)ccc1N)c1ncc[nH]1. The number of imidazole rings is 1. The van der Waals surface area contributed by atoms with Gasteiger partial charge in [0.05, 0.1) is 11.7 Å². The van der Waals surface area contributed by atoms with Gasteiger partial charge in [0, 0.05) is 16.9 Å². The van der Waals surface area contributed by atoms with Crippen molar-refractivity contribution < 1.29 is 8.42 Å². The summed E-state index contributed by atoms with van der Waals surface area (Å²) in [4.78, 5) is 7.04. The maximum Gasteiger partial charge on any atom is 0.243 e. The van der Waals surface area contributed by atoms with E-state index < -0.39 is 16.1 Å². The summed E-state index contributed by atoms with van der Waals surface area (Å²) in [5, 5.41) is 0. The zero-order chi connectivity index (χ0) is 14.8. The van der Waals surface area contributed by atoms with E-state index in [9.17, 15) is 8.42 Å². The van der Waals surface area contributed by atoms with Gasteiger partial charge < -0.3 is 10.7 Å². The maximum atomic E-state index is 12.4. The number of nitrogens with zero attached hydrogens (tertiary/aromatic N) is 1. The second-order valence-electron chi connectivity index (χ2n) is 4.24. The van der Waals surface area contributed by atoms with E-state index in [1.54, 1.807) is 24.5 Å². The van der Waals surface area contributed by atoms with Crippen LogP contribution in [0.3, 0.4) is 0 Å². The largest absolute Gasteiger partial charge is 0.398 e. The summed E-state index contributed by atoms with van der Waals surface area (Å²) in [6.07, 6.45) is 3.81. The third-order valence-electron chi connectivity index (χ3n) is 2.82. The molecular weight excluding hydrogens is 344 g/mol. The highest BCUT2D eigenvalue weighted by molar-refractivity contribution is 9.10. The molecule has 0 bridgehead atoms. The molecule has 1 aromatic carbocycles. The van der Waals surface area contributed by atoms with Gasteiger partial charge in [-0.1, -0.05) is 22.9 Å². The molecule has 0 fully saturated rings. The summed E-state index contributed by atoms with van der Waals surface area (Å²) in [6.45, 7) is 1.87. The summed E-state index contributed by atoms with van der Waals surface area (Å²) in [5.41, 5.74) is 5.95. The van der Waals surface area contributed by atoms with E-state index in [1.165, 1.54) is 6.07 Å². The van der Waals surface area contributed by atoms with Crippen LogP contribution in [-0.2, 0) is 10.0 Å². The number of nitrogen functional groups attached to an aromatic ring is 1. The Morgan fingerprint density at radius 2 is 2.25 bits per heavy atom. The zero-order valence-electron chi connectivity index (χ0n) is 10.8. The number of hydrogen-bond donors (Lipinski definition) is 3. The van der Waals surface area contributed by atoms with Gasteiger partial charge >= 0.3 is 0 Å². The third kappa shape index (κ3) is 3.20. The number of benzene rings is 1. The molecule has 0 aliphatic carbocycles. The Kier molecular flexibility index (Phi) is 4.46. The van der Waals surface area contributed by atoms with Crippen LogP contribution in [0.1, 0.15) is 25.2 Å². The standard InChI is InChI=1S/C12H15BrN4O2S/c1-2-10(12-15-5-6-16-12)17-20(18,19)11-7-8(13)3-4-9(11)14/h3-7,10,17H,2,14H2,1H3,(H,15,16). The van der Waals surface area contributed by atoms with Gasteiger partial charge in [0.1, 0.15) is 10.7 Å². The first-order valence-electron chi connectivity index (χ1n) is 6.00. The molecule has 0 saturated heterocycles. The lowest BCUT2D eigenvalue weighted by Gasteiger charge is -2.16. The molecular formula is C12H15BrN4O2S. The minimum absolute atomic E-state index is 0.0527. The molecule has 108 valence electrons. The van der Waals surface area contributed by atoms with Crippen molar-refractivity contribution in [3.63, 3.8) is 0 Å². The van der Waals surface area contributed by atoms with Crippen LogP contribution in [-0.4, -0.2) is 18.4 Å². The summed E-state index contributed by atoms with van der Waals surface area (Å²) in [5.74, 6) is 0.574. The van der Waals surface area contributed by atoms with Gasteiger partial charge in [-0.15, -0.1) is 0 Å². The van der Waals surface area contributed by atoms with E-state index in [1.807, 2.05) is 6.92 Å². The molecule has 1 aromatic heterocycles. The highest BCUT2D eigenvalue weighted by Crippen LogP contribution is 2.25. The summed E-state index contributed by atoms with van der Waals surface area (Å²) in [6, 6.07) is 4.30. The molecule has 0 aliphatic rings. The Bertz CT molecular complexity index is 685. The van der Waals surface area contributed by atoms with E-state index in [2.05, 4.69) is 30.6 Å². The molecule has 1 heterocycles. The summed E-state index contributed by atoms with van der Waals surface area (Å²) < 4.78 is 28.1. The molecule has 1 unspecified atom stereocenters. The normalized spacial score (nSPS) is 13.3. The number of nitrogens with two attached hydrogens (primary N) is 1. The number of halogens is 1. The van der Waals surface area contributed by atoms with E-state index in [0.29, 0.717) is 16.7 Å². The highest BCUT2D eigenvalue weighted by atomic mass is 79.9. The van der Waals surface area contributed by atoms with Gasteiger partial charge in [0.2, 0.25) is 10.0 Å². The van der Waals surface area contributed by atoms with E-state index in [-0.39, 0.29) is 10.6 Å². The van der Waals surface area contributed by atoms with Gasteiger partial charge in [-0.3, -0.25) is 0 Å². The first-order chi connectivity index (χ1) is 9.44. The molecule has 8 heteroatoms. The summed E-state index contributed by atoms with van der Waals surface area (Å²) in [7, 11) is -3.72. The number of hydrogen-bond acceptors (Lipinski definition) is 4. The molecule has 1 atom stereocenters. The van der Waals surface area contributed by atoms with Crippen molar-refractivity contribution in [1.82, 2.24) is 14.7 Å². The van der Waals surface area contributed by atoms with Crippen LogP contribution < -0.4 is 10.5 Å². The van der Waals surface area contributed by atoms with Crippen molar-refractivity contribution in [3.8, 4) is 0 Å². The second kappa shape index (κ2) is 5.94. The minimum Gasteiger partial charge on any atom is -0.398 e. The van der Waals surface area contributed by atoms with Crippen molar-refractivity contribution in [2.45, 2.75) is 24.3 Å². The average Bonchev–Trinajstić information content (AvgIpc) is 2.92. The number of anilines is 1. The average molecular weight is 359 g/mol. The fourth-order valence-electron chi connectivity index (χ4n) is 1.79. The number of sulfonamides is 1. The Hall–Kier alpha value is -1.38. The Balaban J connectivity index is 2.33. The predicted octanol–water partition coefficient (Wildman–Crippen LogP) is 2.18. The van der Waals surface area contributed by atoms with E-state index in [0.717, 1.165) is 0 Å². The quantitative estimate of drug-likeness (QED) is 0.713. The molecule has 2 aromatic rings. The molecule has 0 radical (unpaired) electrons. The fraction of sp³-hybridized carbons (Fsp3) is 0.250. The van der Waals surface area contributed by atoms with Crippen LogP contribution in [0.4, 0.5) is 5.69 Å².